The number of hydrogen-bond donors (Lipinski definition) is 0. The summed E-state index contributed by atoms with van der Waals surface area (Å²) in [4.78, 5) is 11.6. The highest BCUT2D eigenvalue weighted by molar-refractivity contribution is 7.99. The molecule has 0 amide bonds. The van der Waals surface area contributed by atoms with Gasteiger partial charge >= 0.3 is 6.18 Å². The van der Waals surface area contributed by atoms with Crippen LogP contribution in [0.5, 0.6) is 0 Å². The Kier molecular flexibility index (Phi) is 4.41. The first-order valence-electron chi connectivity index (χ1n) is 4.79. The van der Waals surface area contributed by atoms with E-state index < -0.39 is 12.0 Å². The number of ketones is 1. The number of halogens is 3. The Bertz CT molecular complexity index is 374. The molecule has 0 saturated heterocycles. The van der Waals surface area contributed by atoms with E-state index in [-0.39, 0.29) is 5.56 Å². The summed E-state index contributed by atoms with van der Waals surface area (Å²) in [7, 11) is 0. The topological polar surface area (TPSA) is 17.1 Å². The minimum atomic E-state index is -4.80. The number of Topliss-reactive ketones (excluding diaryl/α,β-unsaturated/α-hetero) is 1. The minimum Gasteiger partial charge on any atom is -0.284 e. The number of carbonyl (C=O) groups is 1. The SMILES string of the molecule is CCCSc1cccc(C(=O)C(F)(F)F)c1. The molecule has 1 aromatic rings. The van der Waals surface area contributed by atoms with E-state index in [1.165, 1.54) is 30.0 Å². The van der Waals surface area contributed by atoms with Crippen LogP contribution in [0.25, 0.3) is 0 Å². The van der Waals surface area contributed by atoms with Gasteiger partial charge in [0.25, 0.3) is 5.78 Å². The molecule has 0 atom stereocenters. The maximum Gasteiger partial charge on any atom is 0.454 e. The van der Waals surface area contributed by atoms with Crippen molar-refractivity contribution >= 4 is 17.5 Å². The van der Waals surface area contributed by atoms with Gasteiger partial charge in [0.2, 0.25) is 0 Å². The Morgan fingerprint density at radius 3 is 2.62 bits per heavy atom. The Hall–Kier alpha value is -0.970. The van der Waals surface area contributed by atoms with Crippen molar-refractivity contribution in [1.82, 2.24) is 0 Å². The van der Waals surface area contributed by atoms with Crippen molar-refractivity contribution in [2.24, 2.45) is 0 Å². The van der Waals surface area contributed by atoms with Crippen LogP contribution < -0.4 is 0 Å². The van der Waals surface area contributed by atoms with Crippen molar-refractivity contribution in [3.63, 3.8) is 0 Å². The van der Waals surface area contributed by atoms with Gasteiger partial charge in [-0.15, -0.1) is 11.8 Å². The lowest BCUT2D eigenvalue weighted by Gasteiger charge is -2.06. The average Bonchev–Trinajstić information content (AvgIpc) is 2.24. The third-order valence-corrected chi connectivity index (χ3v) is 3.03. The van der Waals surface area contributed by atoms with Crippen molar-refractivity contribution in [3.05, 3.63) is 29.8 Å². The first-order valence-corrected chi connectivity index (χ1v) is 5.78. The lowest BCUT2D eigenvalue weighted by Crippen LogP contribution is -2.22. The van der Waals surface area contributed by atoms with Crippen molar-refractivity contribution in [1.29, 1.82) is 0 Å². The Balaban J connectivity index is 2.86. The fourth-order valence-corrected chi connectivity index (χ4v) is 1.94. The van der Waals surface area contributed by atoms with E-state index >= 15 is 0 Å². The van der Waals surface area contributed by atoms with E-state index in [1.807, 2.05) is 6.92 Å². The second-order valence-electron chi connectivity index (χ2n) is 3.20. The zero-order valence-electron chi connectivity index (χ0n) is 8.67. The number of hydrogen-bond acceptors (Lipinski definition) is 2. The highest BCUT2D eigenvalue weighted by Gasteiger charge is 2.39. The van der Waals surface area contributed by atoms with Gasteiger partial charge < -0.3 is 0 Å². The number of thioether (sulfide) groups is 1. The first-order chi connectivity index (χ1) is 7.45. The van der Waals surface area contributed by atoms with E-state index in [9.17, 15) is 18.0 Å². The largest absolute Gasteiger partial charge is 0.454 e. The van der Waals surface area contributed by atoms with Crippen LogP contribution in [0.1, 0.15) is 23.7 Å². The van der Waals surface area contributed by atoms with Crippen LogP contribution in [-0.4, -0.2) is 17.7 Å². The van der Waals surface area contributed by atoms with Crippen LogP contribution in [0.4, 0.5) is 13.2 Å². The van der Waals surface area contributed by atoms with E-state index in [0.29, 0.717) is 4.90 Å². The molecular formula is C11H11F3OS. The Morgan fingerprint density at radius 2 is 2.06 bits per heavy atom. The predicted molar refractivity (Wildman–Crippen MR) is 57.8 cm³/mol. The summed E-state index contributed by atoms with van der Waals surface area (Å²) in [6.45, 7) is 1.98. The molecule has 5 heteroatoms. The monoisotopic (exact) mass is 248 g/mol. The summed E-state index contributed by atoms with van der Waals surface area (Å²) in [5.74, 6) is -0.963. The van der Waals surface area contributed by atoms with E-state index in [1.54, 1.807) is 6.07 Å². The second-order valence-corrected chi connectivity index (χ2v) is 4.37. The molecule has 0 bridgehead atoms. The molecule has 88 valence electrons. The van der Waals surface area contributed by atoms with Crippen molar-refractivity contribution in [2.45, 2.75) is 24.4 Å². The number of benzene rings is 1. The summed E-state index contributed by atoms with van der Waals surface area (Å²) in [5, 5.41) is 0. The molecule has 1 aromatic carbocycles. The molecule has 0 spiro atoms. The summed E-state index contributed by atoms with van der Waals surface area (Å²) in [5.41, 5.74) is -0.298. The van der Waals surface area contributed by atoms with Gasteiger partial charge in [0.05, 0.1) is 0 Å². The molecule has 0 fully saturated rings. The quantitative estimate of drug-likeness (QED) is 0.593. The number of rotatable bonds is 4. The first kappa shape index (κ1) is 13.1. The molecule has 0 aliphatic carbocycles. The lowest BCUT2D eigenvalue weighted by molar-refractivity contribution is -0.0885. The highest BCUT2D eigenvalue weighted by atomic mass is 32.2. The normalized spacial score (nSPS) is 11.5. The standard InChI is InChI=1S/C11H11F3OS/c1-2-6-16-9-5-3-4-8(7-9)10(15)11(12,13)14/h3-5,7H,2,6H2,1H3. The summed E-state index contributed by atoms with van der Waals surface area (Å²) in [6, 6.07) is 5.65. The van der Waals surface area contributed by atoms with E-state index in [4.69, 9.17) is 0 Å². The molecule has 0 aromatic heterocycles. The zero-order chi connectivity index (χ0) is 12.2. The van der Waals surface area contributed by atoms with Crippen molar-refractivity contribution < 1.29 is 18.0 Å². The smallest absolute Gasteiger partial charge is 0.284 e. The van der Waals surface area contributed by atoms with Crippen LogP contribution in [-0.2, 0) is 0 Å². The number of carbonyl (C=O) groups excluding carboxylic acids is 1. The number of alkyl halides is 3. The summed E-state index contributed by atoms with van der Waals surface area (Å²) >= 11 is 1.44. The molecule has 0 heterocycles. The molecular weight excluding hydrogens is 237 g/mol. The van der Waals surface area contributed by atoms with Gasteiger partial charge in [-0.2, -0.15) is 13.2 Å². The molecule has 16 heavy (non-hydrogen) atoms. The van der Waals surface area contributed by atoms with Crippen LogP contribution >= 0.6 is 11.8 Å². The van der Waals surface area contributed by atoms with Crippen LogP contribution in [0.15, 0.2) is 29.2 Å². The van der Waals surface area contributed by atoms with E-state index in [0.717, 1.165) is 12.2 Å². The predicted octanol–water partition coefficient (Wildman–Crippen LogP) is 3.93. The molecule has 0 aliphatic heterocycles. The molecule has 0 radical (unpaired) electrons. The molecule has 0 unspecified atom stereocenters. The van der Waals surface area contributed by atoms with Crippen molar-refractivity contribution in [3.8, 4) is 0 Å². The van der Waals surface area contributed by atoms with E-state index in [2.05, 4.69) is 0 Å². The molecule has 1 rings (SSSR count). The zero-order valence-corrected chi connectivity index (χ0v) is 9.49. The van der Waals surface area contributed by atoms with Gasteiger partial charge in [0.1, 0.15) is 0 Å². The summed E-state index contributed by atoms with van der Waals surface area (Å²) in [6.07, 6.45) is -3.86. The van der Waals surface area contributed by atoms with Gasteiger partial charge in [-0.05, 0) is 24.3 Å². The van der Waals surface area contributed by atoms with Crippen molar-refractivity contribution in [2.75, 3.05) is 5.75 Å². The van der Waals surface area contributed by atoms with Crippen LogP contribution in [0.2, 0.25) is 0 Å². The lowest BCUT2D eigenvalue weighted by atomic mass is 10.1. The average molecular weight is 248 g/mol. The Morgan fingerprint density at radius 1 is 1.38 bits per heavy atom. The third kappa shape index (κ3) is 3.56. The molecule has 0 aliphatic rings. The minimum absolute atomic E-state index is 0.298. The Labute approximate surface area is 96.0 Å². The van der Waals surface area contributed by atoms with Gasteiger partial charge in [-0.3, -0.25) is 4.79 Å². The maximum absolute atomic E-state index is 12.2. The summed E-state index contributed by atoms with van der Waals surface area (Å²) < 4.78 is 36.5. The maximum atomic E-state index is 12.2. The highest BCUT2D eigenvalue weighted by Crippen LogP contribution is 2.25. The van der Waals surface area contributed by atoms with Gasteiger partial charge in [0.15, 0.2) is 0 Å². The van der Waals surface area contributed by atoms with Gasteiger partial charge in [-0.25, -0.2) is 0 Å². The fourth-order valence-electron chi connectivity index (χ4n) is 1.11. The fraction of sp³-hybridized carbons (Fsp3) is 0.364. The third-order valence-electron chi connectivity index (χ3n) is 1.83. The van der Waals surface area contributed by atoms with Crippen LogP contribution in [0.3, 0.4) is 0 Å². The molecule has 1 nitrogen and oxygen atoms in total. The molecule has 0 N–H and O–H groups in total. The van der Waals surface area contributed by atoms with Crippen LogP contribution in [0, 0.1) is 0 Å². The van der Waals surface area contributed by atoms with Gasteiger partial charge in [-0.1, -0.05) is 19.1 Å². The van der Waals surface area contributed by atoms with Gasteiger partial charge in [0, 0.05) is 10.5 Å². The molecule has 0 saturated carbocycles. The second kappa shape index (κ2) is 5.39.